The van der Waals surface area contributed by atoms with E-state index < -0.39 is 0 Å². The number of aryl methyl sites for hydroxylation is 1. The lowest BCUT2D eigenvalue weighted by Gasteiger charge is -2.32. The third-order valence-electron chi connectivity index (χ3n) is 6.04. The van der Waals surface area contributed by atoms with Gasteiger partial charge in [0, 0.05) is 38.8 Å². The average Bonchev–Trinajstić information content (AvgIpc) is 2.88. The smallest absolute Gasteiger partial charge is 0.227 e. The van der Waals surface area contributed by atoms with E-state index in [4.69, 9.17) is 4.74 Å². The highest BCUT2D eigenvalue weighted by Crippen LogP contribution is 2.22. The van der Waals surface area contributed by atoms with Gasteiger partial charge in [0.25, 0.3) is 0 Å². The van der Waals surface area contributed by atoms with E-state index >= 15 is 0 Å². The second-order valence-electron chi connectivity index (χ2n) is 8.75. The molecule has 7 nitrogen and oxygen atoms in total. The molecule has 1 saturated heterocycles. The lowest BCUT2D eigenvalue weighted by molar-refractivity contribution is -0.131. The van der Waals surface area contributed by atoms with Crippen LogP contribution in [0.1, 0.15) is 30.4 Å². The van der Waals surface area contributed by atoms with Gasteiger partial charge >= 0.3 is 0 Å². The second-order valence-corrected chi connectivity index (χ2v) is 8.75. The Morgan fingerprint density at radius 3 is 2.60 bits per heavy atom. The van der Waals surface area contributed by atoms with Gasteiger partial charge in [0.2, 0.25) is 5.91 Å². The molecule has 1 atom stereocenters. The van der Waals surface area contributed by atoms with Crippen LogP contribution in [0.25, 0.3) is 0 Å². The fraction of sp³-hybridized carbons (Fsp3) is 0.357. The van der Waals surface area contributed by atoms with E-state index in [-0.39, 0.29) is 12.3 Å². The van der Waals surface area contributed by atoms with Crippen molar-refractivity contribution in [2.24, 2.45) is 20.9 Å². The lowest BCUT2D eigenvalue weighted by atomic mass is 9.98. The van der Waals surface area contributed by atoms with Crippen LogP contribution in [0.4, 0.5) is 0 Å². The molecule has 0 spiro atoms. The number of amides is 1. The van der Waals surface area contributed by atoms with Crippen LogP contribution in [0.15, 0.2) is 81.2 Å². The van der Waals surface area contributed by atoms with Crippen LogP contribution in [0, 0.1) is 12.8 Å². The standard InChI is InChI=1S/C28H35N5O2/c1-22-11-8-9-15-25(22)35-21-24-14-10-18-33(20-24)26(34)16-17-31-27(29-2)28(30-3)32(4)19-23-12-6-5-7-13-23/h5-9,11-13,15,17,24H,2-3,10,14,16,18-21H2,1,4H3/b28-27+,31-17-. The molecule has 0 saturated carbocycles. The third kappa shape index (κ3) is 7.64. The van der Waals surface area contributed by atoms with Crippen LogP contribution < -0.4 is 4.74 Å². The van der Waals surface area contributed by atoms with Gasteiger partial charge in [-0.3, -0.25) is 4.79 Å². The van der Waals surface area contributed by atoms with Gasteiger partial charge in [0.05, 0.1) is 13.0 Å². The van der Waals surface area contributed by atoms with Crippen molar-refractivity contribution < 1.29 is 9.53 Å². The second kappa shape index (κ2) is 13.2. The summed E-state index contributed by atoms with van der Waals surface area (Å²) < 4.78 is 6.02. The molecule has 184 valence electrons. The first kappa shape index (κ1) is 25.9. The van der Waals surface area contributed by atoms with E-state index in [1.165, 1.54) is 0 Å². The summed E-state index contributed by atoms with van der Waals surface area (Å²) in [6.07, 6.45) is 3.80. The zero-order valence-electron chi connectivity index (χ0n) is 20.8. The fourth-order valence-corrected chi connectivity index (χ4v) is 4.16. The molecule has 2 aromatic rings. The Morgan fingerprint density at radius 2 is 1.89 bits per heavy atom. The quantitative estimate of drug-likeness (QED) is 0.443. The first-order valence-electron chi connectivity index (χ1n) is 11.9. The topological polar surface area (TPSA) is 69.9 Å². The predicted octanol–water partition coefficient (Wildman–Crippen LogP) is 4.73. The van der Waals surface area contributed by atoms with Gasteiger partial charge in [-0.1, -0.05) is 48.5 Å². The van der Waals surface area contributed by atoms with Crippen molar-refractivity contribution in [3.05, 3.63) is 77.4 Å². The number of aliphatic imine (C=N–C) groups is 3. The van der Waals surface area contributed by atoms with Gasteiger partial charge < -0.3 is 14.5 Å². The largest absolute Gasteiger partial charge is 0.493 e. The molecule has 0 aliphatic carbocycles. The molecule has 2 aromatic carbocycles. The molecule has 3 rings (SSSR count). The zero-order valence-corrected chi connectivity index (χ0v) is 20.8. The number of piperidine rings is 1. The SMILES string of the molecule is C=NC(/N=C\CC(=O)N1CCCC(COc2ccccc2C)C1)=C(/N=C)N(C)Cc1ccccc1. The number of nitrogens with zero attached hydrogens (tertiary/aromatic N) is 5. The molecular weight excluding hydrogens is 438 g/mol. The monoisotopic (exact) mass is 473 g/mol. The Morgan fingerprint density at radius 1 is 1.14 bits per heavy atom. The number of hydrogen-bond donors (Lipinski definition) is 0. The van der Waals surface area contributed by atoms with Crippen molar-refractivity contribution in [1.29, 1.82) is 0 Å². The molecular formula is C28H35N5O2. The highest BCUT2D eigenvalue weighted by molar-refractivity contribution is 5.90. The maximum absolute atomic E-state index is 12.8. The Labute approximate surface area is 208 Å². The Bertz CT molecular complexity index is 1060. The number of para-hydroxylation sites is 1. The molecule has 1 aliphatic rings. The van der Waals surface area contributed by atoms with Crippen molar-refractivity contribution in [3.8, 4) is 5.75 Å². The van der Waals surface area contributed by atoms with E-state index in [2.05, 4.69) is 28.4 Å². The molecule has 1 fully saturated rings. The van der Waals surface area contributed by atoms with E-state index in [1.54, 1.807) is 6.21 Å². The summed E-state index contributed by atoms with van der Waals surface area (Å²) in [6.45, 7) is 12.0. The first-order valence-corrected chi connectivity index (χ1v) is 11.9. The minimum absolute atomic E-state index is 0.0449. The van der Waals surface area contributed by atoms with E-state index in [0.717, 1.165) is 36.3 Å². The van der Waals surface area contributed by atoms with Crippen LogP contribution in [-0.2, 0) is 11.3 Å². The van der Waals surface area contributed by atoms with Crippen LogP contribution in [0.2, 0.25) is 0 Å². The highest BCUT2D eigenvalue weighted by Gasteiger charge is 2.23. The Kier molecular flexibility index (Phi) is 9.78. The molecule has 0 bridgehead atoms. The van der Waals surface area contributed by atoms with E-state index in [9.17, 15) is 4.79 Å². The molecule has 0 N–H and O–H groups in total. The number of ether oxygens (including phenoxy) is 1. The van der Waals surface area contributed by atoms with Gasteiger partial charge in [0.1, 0.15) is 5.75 Å². The van der Waals surface area contributed by atoms with Gasteiger partial charge in [-0.2, -0.15) is 0 Å². The number of likely N-dealkylation sites (tertiary alicyclic amines) is 1. The molecule has 7 heteroatoms. The minimum atomic E-state index is 0.0449. The van der Waals surface area contributed by atoms with E-state index in [0.29, 0.717) is 37.3 Å². The molecule has 1 heterocycles. The summed E-state index contributed by atoms with van der Waals surface area (Å²) in [7, 11) is 1.90. The number of carbonyl (C=O) groups excluding carboxylic acids is 1. The predicted molar refractivity (Wildman–Crippen MR) is 143 cm³/mol. The summed E-state index contributed by atoms with van der Waals surface area (Å²) in [6, 6.07) is 18.0. The molecule has 1 unspecified atom stereocenters. The molecule has 0 radical (unpaired) electrons. The maximum Gasteiger partial charge on any atom is 0.227 e. The molecule has 1 aliphatic heterocycles. The molecule has 1 amide bonds. The Hall–Kier alpha value is -3.74. The number of hydrogen-bond acceptors (Lipinski definition) is 6. The van der Waals surface area contributed by atoms with Crippen molar-refractivity contribution in [1.82, 2.24) is 9.80 Å². The summed E-state index contributed by atoms with van der Waals surface area (Å²) in [4.78, 5) is 29.2. The summed E-state index contributed by atoms with van der Waals surface area (Å²) >= 11 is 0. The van der Waals surface area contributed by atoms with Gasteiger partial charge in [-0.25, -0.2) is 15.0 Å². The fourth-order valence-electron chi connectivity index (χ4n) is 4.16. The van der Waals surface area contributed by atoms with Crippen LogP contribution in [-0.4, -0.2) is 62.1 Å². The normalized spacial score (nSPS) is 16.5. The lowest BCUT2D eigenvalue weighted by Crippen LogP contribution is -2.41. The van der Waals surface area contributed by atoms with Crippen molar-refractivity contribution >= 4 is 25.6 Å². The number of rotatable bonds is 11. The highest BCUT2D eigenvalue weighted by atomic mass is 16.5. The van der Waals surface area contributed by atoms with Crippen molar-refractivity contribution in [2.75, 3.05) is 26.7 Å². The summed E-state index contributed by atoms with van der Waals surface area (Å²) in [5.74, 6) is 2.12. The zero-order chi connectivity index (χ0) is 25.0. The van der Waals surface area contributed by atoms with Crippen LogP contribution in [0.5, 0.6) is 5.75 Å². The van der Waals surface area contributed by atoms with Gasteiger partial charge in [-0.15, -0.1) is 0 Å². The van der Waals surface area contributed by atoms with Crippen LogP contribution in [0.3, 0.4) is 0 Å². The van der Waals surface area contributed by atoms with Crippen LogP contribution >= 0.6 is 0 Å². The maximum atomic E-state index is 12.8. The van der Waals surface area contributed by atoms with E-state index in [1.807, 2.05) is 78.4 Å². The average molecular weight is 474 g/mol. The first-order chi connectivity index (χ1) is 17.0. The third-order valence-corrected chi connectivity index (χ3v) is 6.04. The van der Waals surface area contributed by atoms with Crippen molar-refractivity contribution in [2.45, 2.75) is 32.7 Å². The molecule has 0 aromatic heterocycles. The minimum Gasteiger partial charge on any atom is -0.493 e. The summed E-state index contributed by atoms with van der Waals surface area (Å²) in [5.41, 5.74) is 2.25. The summed E-state index contributed by atoms with van der Waals surface area (Å²) in [5, 5.41) is 0. The van der Waals surface area contributed by atoms with Gasteiger partial charge in [0.15, 0.2) is 11.6 Å². The van der Waals surface area contributed by atoms with Crippen molar-refractivity contribution in [3.63, 3.8) is 0 Å². The Balaban J connectivity index is 1.55. The molecule has 35 heavy (non-hydrogen) atoms. The number of benzene rings is 2. The number of carbonyl (C=O) groups is 1. The van der Waals surface area contributed by atoms with Gasteiger partial charge in [-0.05, 0) is 50.4 Å².